The topological polar surface area (TPSA) is 64.7 Å². The largest absolute Gasteiger partial charge is 0.435 e. The fraction of sp³-hybridized carbons (Fsp3) is 0.588. The van der Waals surface area contributed by atoms with Crippen LogP contribution in [-0.2, 0) is 36.9 Å². The molecule has 3 rings (SSSR count). The molecule has 0 saturated carbocycles. The highest BCUT2D eigenvalue weighted by Crippen LogP contribution is 2.36. The first-order valence-electron chi connectivity index (χ1n) is 8.66. The molecule has 0 bridgehead atoms. The molecule has 1 aliphatic carbocycles. The Balaban J connectivity index is 1.57. The van der Waals surface area contributed by atoms with Gasteiger partial charge in [-0.25, -0.2) is 0 Å². The van der Waals surface area contributed by atoms with E-state index in [-0.39, 0.29) is 23.9 Å². The summed E-state index contributed by atoms with van der Waals surface area (Å²) in [7, 11) is 0. The second kappa shape index (κ2) is 7.13. The molecule has 142 valence electrons. The zero-order valence-corrected chi connectivity index (χ0v) is 14.8. The molecule has 26 heavy (non-hydrogen) atoms. The van der Waals surface area contributed by atoms with Crippen LogP contribution in [0.25, 0.3) is 0 Å². The van der Waals surface area contributed by atoms with Gasteiger partial charge < -0.3 is 5.32 Å². The molecule has 9 heteroatoms. The van der Waals surface area contributed by atoms with Crippen LogP contribution >= 0.6 is 0 Å². The molecule has 1 amide bonds. The number of hydrogen-bond acceptors (Lipinski definition) is 3. The van der Waals surface area contributed by atoms with Crippen LogP contribution in [0, 0.1) is 12.8 Å². The molecule has 1 aliphatic rings. The van der Waals surface area contributed by atoms with Crippen LogP contribution in [0.4, 0.5) is 13.2 Å². The van der Waals surface area contributed by atoms with Crippen LogP contribution in [0.1, 0.15) is 36.0 Å². The van der Waals surface area contributed by atoms with Gasteiger partial charge >= 0.3 is 6.18 Å². The lowest BCUT2D eigenvalue weighted by molar-refractivity contribution is -0.142. The monoisotopic (exact) mass is 369 g/mol. The van der Waals surface area contributed by atoms with Crippen LogP contribution in [0.2, 0.25) is 0 Å². The van der Waals surface area contributed by atoms with Gasteiger partial charge in [0.1, 0.15) is 6.54 Å². The van der Waals surface area contributed by atoms with Crippen LogP contribution < -0.4 is 5.32 Å². The predicted octanol–water partition coefficient (Wildman–Crippen LogP) is 2.35. The van der Waals surface area contributed by atoms with Gasteiger partial charge in [0, 0.05) is 30.5 Å². The van der Waals surface area contributed by atoms with Crippen molar-refractivity contribution in [2.24, 2.45) is 5.92 Å². The van der Waals surface area contributed by atoms with Crippen molar-refractivity contribution in [3.05, 3.63) is 34.9 Å². The molecule has 2 aromatic heterocycles. The van der Waals surface area contributed by atoms with Crippen molar-refractivity contribution in [2.45, 2.75) is 52.4 Å². The molecule has 1 unspecified atom stereocenters. The van der Waals surface area contributed by atoms with E-state index in [0.717, 1.165) is 5.69 Å². The summed E-state index contributed by atoms with van der Waals surface area (Å²) < 4.78 is 42.2. The highest BCUT2D eigenvalue weighted by Gasteiger charge is 2.40. The van der Waals surface area contributed by atoms with Crippen molar-refractivity contribution in [1.29, 1.82) is 0 Å². The Kier molecular flexibility index (Phi) is 5.06. The summed E-state index contributed by atoms with van der Waals surface area (Å²) in [6.45, 7) is 4.77. The molecule has 0 saturated heterocycles. The average Bonchev–Trinajstić information content (AvgIpc) is 3.23. The zero-order valence-electron chi connectivity index (χ0n) is 14.8. The van der Waals surface area contributed by atoms with E-state index in [1.807, 2.05) is 30.8 Å². The lowest BCUT2D eigenvalue weighted by Crippen LogP contribution is -2.33. The summed E-state index contributed by atoms with van der Waals surface area (Å²) in [5.74, 6) is -0.188. The molecule has 0 aromatic carbocycles. The second-order valence-corrected chi connectivity index (χ2v) is 6.87. The number of aromatic nitrogens is 4. The van der Waals surface area contributed by atoms with E-state index in [1.54, 1.807) is 0 Å². The third kappa shape index (κ3) is 4.08. The van der Waals surface area contributed by atoms with Crippen molar-refractivity contribution < 1.29 is 18.0 Å². The van der Waals surface area contributed by atoms with E-state index < -0.39 is 11.9 Å². The maximum Gasteiger partial charge on any atom is 0.435 e. The lowest BCUT2D eigenvalue weighted by Gasteiger charge is -2.13. The molecule has 0 spiro atoms. The second-order valence-electron chi connectivity index (χ2n) is 6.87. The predicted molar refractivity (Wildman–Crippen MR) is 88.4 cm³/mol. The number of nitrogens with one attached hydrogen (secondary N) is 1. The first-order chi connectivity index (χ1) is 12.2. The minimum absolute atomic E-state index is 0.146. The van der Waals surface area contributed by atoms with E-state index in [2.05, 4.69) is 15.5 Å². The van der Waals surface area contributed by atoms with Crippen LogP contribution in [0.3, 0.4) is 0 Å². The van der Waals surface area contributed by atoms with Crippen molar-refractivity contribution in [1.82, 2.24) is 24.9 Å². The molecule has 2 aromatic rings. The summed E-state index contributed by atoms with van der Waals surface area (Å²) in [5.41, 5.74) is 0.856. The Morgan fingerprint density at radius 2 is 2.12 bits per heavy atom. The van der Waals surface area contributed by atoms with E-state index in [4.69, 9.17) is 0 Å². The first-order valence-corrected chi connectivity index (χ1v) is 8.66. The number of nitrogens with zero attached hydrogens (tertiary/aromatic N) is 4. The van der Waals surface area contributed by atoms with Gasteiger partial charge in [0.05, 0.1) is 5.69 Å². The summed E-state index contributed by atoms with van der Waals surface area (Å²) in [4.78, 5) is 12.2. The average molecular weight is 369 g/mol. The van der Waals surface area contributed by atoms with Crippen LogP contribution in [-0.4, -0.2) is 32.0 Å². The number of fused-ring (bicyclic) bond motifs is 1. The van der Waals surface area contributed by atoms with Crippen LogP contribution in [0.5, 0.6) is 0 Å². The Morgan fingerprint density at radius 3 is 2.77 bits per heavy atom. The van der Waals surface area contributed by atoms with E-state index >= 15 is 0 Å². The van der Waals surface area contributed by atoms with Gasteiger partial charge in [0.15, 0.2) is 5.69 Å². The molecular weight excluding hydrogens is 347 g/mol. The van der Waals surface area contributed by atoms with Gasteiger partial charge in [-0.2, -0.15) is 23.4 Å². The molecule has 0 aliphatic heterocycles. The SMILES string of the molecule is Cc1ccn(CC(C)CNC(=O)Cn2nc(C(F)(F)F)c3c2CCC3)n1. The lowest BCUT2D eigenvalue weighted by atomic mass is 10.2. The minimum Gasteiger partial charge on any atom is -0.354 e. The number of aryl methyl sites for hydroxylation is 1. The summed E-state index contributed by atoms with van der Waals surface area (Å²) >= 11 is 0. The number of alkyl halides is 3. The van der Waals surface area contributed by atoms with Crippen LogP contribution in [0.15, 0.2) is 12.3 Å². The van der Waals surface area contributed by atoms with Crippen molar-refractivity contribution in [2.75, 3.05) is 6.54 Å². The maximum atomic E-state index is 13.1. The molecule has 6 nitrogen and oxygen atoms in total. The maximum absolute atomic E-state index is 13.1. The number of hydrogen-bond donors (Lipinski definition) is 1. The first kappa shape index (κ1) is 18.5. The summed E-state index contributed by atoms with van der Waals surface area (Å²) in [6.07, 6.45) is -1.04. The highest BCUT2D eigenvalue weighted by molar-refractivity contribution is 5.75. The van der Waals surface area contributed by atoms with Gasteiger partial charge in [-0.05, 0) is 38.2 Å². The van der Waals surface area contributed by atoms with E-state index in [0.29, 0.717) is 38.0 Å². The Hall–Kier alpha value is -2.32. The zero-order chi connectivity index (χ0) is 18.9. The summed E-state index contributed by atoms with van der Waals surface area (Å²) in [5, 5.41) is 10.7. The minimum atomic E-state index is -4.48. The number of carbonyl (C=O) groups excluding carboxylic acids is 1. The van der Waals surface area contributed by atoms with Gasteiger partial charge in [-0.3, -0.25) is 14.2 Å². The standard InChI is InChI=1S/C17H22F3N5O/c1-11(9-24-7-6-12(2)22-24)8-21-15(26)10-25-14-5-3-4-13(14)16(23-25)17(18,19)20/h6-7,11H,3-5,8-10H2,1-2H3,(H,21,26). The number of amides is 1. The quantitative estimate of drug-likeness (QED) is 0.850. The Bertz CT molecular complexity index is 793. The molecule has 2 heterocycles. The Labute approximate surface area is 149 Å². The van der Waals surface area contributed by atoms with Crippen molar-refractivity contribution >= 4 is 5.91 Å². The molecule has 1 N–H and O–H groups in total. The Morgan fingerprint density at radius 1 is 1.35 bits per heavy atom. The van der Waals surface area contributed by atoms with Gasteiger partial charge in [0.2, 0.25) is 5.91 Å². The van der Waals surface area contributed by atoms with Gasteiger partial charge in [-0.1, -0.05) is 6.92 Å². The number of rotatable bonds is 6. The smallest absolute Gasteiger partial charge is 0.354 e. The van der Waals surface area contributed by atoms with Crippen molar-refractivity contribution in [3.63, 3.8) is 0 Å². The van der Waals surface area contributed by atoms with Gasteiger partial charge in [0.25, 0.3) is 0 Å². The van der Waals surface area contributed by atoms with Gasteiger partial charge in [-0.15, -0.1) is 0 Å². The number of carbonyl (C=O) groups is 1. The normalized spacial score (nSPS) is 15.1. The van der Waals surface area contributed by atoms with Crippen molar-refractivity contribution in [3.8, 4) is 0 Å². The third-order valence-corrected chi connectivity index (χ3v) is 4.49. The summed E-state index contributed by atoms with van der Waals surface area (Å²) in [6, 6.07) is 1.90. The highest BCUT2D eigenvalue weighted by atomic mass is 19.4. The number of halogens is 3. The fourth-order valence-electron chi connectivity index (χ4n) is 3.30. The van der Waals surface area contributed by atoms with E-state index in [1.165, 1.54) is 4.68 Å². The fourth-order valence-corrected chi connectivity index (χ4v) is 3.30. The van der Waals surface area contributed by atoms with E-state index in [9.17, 15) is 18.0 Å². The molecular formula is C17H22F3N5O. The molecule has 0 radical (unpaired) electrons. The third-order valence-electron chi connectivity index (χ3n) is 4.49. The molecule has 1 atom stereocenters. The molecule has 0 fully saturated rings.